The Balaban J connectivity index is 1.59. The smallest absolute Gasteiger partial charge is 0.227 e. The highest BCUT2D eigenvalue weighted by Crippen LogP contribution is 2.30. The lowest BCUT2D eigenvalue weighted by atomic mass is 10.1. The highest BCUT2D eigenvalue weighted by atomic mass is 16.5. The normalized spacial score (nSPS) is 20.9. The van der Waals surface area contributed by atoms with Crippen LogP contribution in [0.5, 0.6) is 11.5 Å². The van der Waals surface area contributed by atoms with Gasteiger partial charge in [0.15, 0.2) is 11.5 Å². The number of hydrogen-bond donors (Lipinski definition) is 0. The fraction of sp³-hybridized carbons (Fsp3) is 0.650. The molecule has 2 fully saturated rings. The minimum Gasteiger partial charge on any atom is -0.490 e. The molecule has 2 heterocycles. The van der Waals surface area contributed by atoms with Crippen LogP contribution in [0.2, 0.25) is 0 Å². The first kappa shape index (κ1) is 18.1. The summed E-state index contributed by atoms with van der Waals surface area (Å²) in [6.07, 6.45) is 3.30. The van der Waals surface area contributed by atoms with Crippen LogP contribution >= 0.6 is 0 Å². The average molecular weight is 346 g/mol. The second-order valence-corrected chi connectivity index (χ2v) is 6.90. The van der Waals surface area contributed by atoms with Gasteiger partial charge in [0.25, 0.3) is 0 Å². The molecule has 138 valence electrons. The highest BCUT2D eigenvalue weighted by Gasteiger charge is 2.32. The number of nitrogens with zero attached hydrogens (tertiary/aromatic N) is 2. The van der Waals surface area contributed by atoms with Crippen LogP contribution in [0.1, 0.15) is 38.7 Å². The molecule has 2 aliphatic rings. The molecule has 0 aliphatic carbocycles. The molecule has 2 aliphatic heterocycles. The molecule has 0 bridgehead atoms. The molecule has 5 nitrogen and oxygen atoms in total. The van der Waals surface area contributed by atoms with Gasteiger partial charge in [-0.1, -0.05) is 6.07 Å². The van der Waals surface area contributed by atoms with Crippen molar-refractivity contribution in [1.29, 1.82) is 0 Å². The molecule has 1 atom stereocenters. The van der Waals surface area contributed by atoms with E-state index in [0.717, 1.165) is 63.5 Å². The first-order chi connectivity index (χ1) is 12.2. The van der Waals surface area contributed by atoms with E-state index in [1.807, 2.05) is 19.9 Å². The maximum atomic E-state index is 12.6. The van der Waals surface area contributed by atoms with E-state index in [9.17, 15) is 4.79 Å². The molecule has 2 saturated heterocycles. The third-order valence-electron chi connectivity index (χ3n) is 5.05. The number of benzene rings is 1. The van der Waals surface area contributed by atoms with E-state index in [-0.39, 0.29) is 5.92 Å². The van der Waals surface area contributed by atoms with Gasteiger partial charge in [-0.2, -0.15) is 0 Å². The molecule has 0 spiro atoms. The van der Waals surface area contributed by atoms with E-state index in [1.54, 1.807) is 0 Å². The summed E-state index contributed by atoms with van der Waals surface area (Å²) in [5, 5.41) is 0. The minimum atomic E-state index is 0.173. The monoisotopic (exact) mass is 346 g/mol. The Labute approximate surface area is 150 Å². The Bertz CT molecular complexity index is 584. The molecular weight excluding hydrogens is 316 g/mol. The maximum absolute atomic E-state index is 12.6. The van der Waals surface area contributed by atoms with Gasteiger partial charge in [0.05, 0.1) is 19.1 Å². The van der Waals surface area contributed by atoms with Crippen molar-refractivity contribution in [2.45, 2.75) is 39.7 Å². The summed E-state index contributed by atoms with van der Waals surface area (Å²) < 4.78 is 11.3. The number of amides is 1. The third-order valence-corrected chi connectivity index (χ3v) is 5.05. The van der Waals surface area contributed by atoms with Crippen molar-refractivity contribution in [2.24, 2.45) is 5.92 Å². The predicted octanol–water partition coefficient (Wildman–Crippen LogP) is 2.93. The number of carbonyl (C=O) groups excluding carboxylic acids is 1. The van der Waals surface area contributed by atoms with E-state index < -0.39 is 0 Å². The lowest BCUT2D eigenvalue weighted by Gasteiger charge is -2.21. The molecule has 1 amide bonds. The van der Waals surface area contributed by atoms with Crippen LogP contribution < -0.4 is 9.47 Å². The van der Waals surface area contributed by atoms with Gasteiger partial charge in [-0.3, -0.25) is 9.69 Å². The number of likely N-dealkylation sites (tertiary alicyclic amines) is 2. The van der Waals surface area contributed by atoms with Crippen molar-refractivity contribution in [2.75, 3.05) is 39.4 Å². The van der Waals surface area contributed by atoms with Crippen LogP contribution in [0.25, 0.3) is 0 Å². The fourth-order valence-corrected chi connectivity index (χ4v) is 3.83. The van der Waals surface area contributed by atoms with Gasteiger partial charge in [-0.15, -0.1) is 0 Å². The molecule has 1 aromatic rings. The summed E-state index contributed by atoms with van der Waals surface area (Å²) in [6.45, 7) is 9.83. The summed E-state index contributed by atoms with van der Waals surface area (Å²) in [5.74, 6) is 2.15. The zero-order chi connectivity index (χ0) is 17.6. The van der Waals surface area contributed by atoms with Gasteiger partial charge in [0, 0.05) is 26.2 Å². The van der Waals surface area contributed by atoms with Gasteiger partial charge in [-0.05, 0) is 57.4 Å². The summed E-state index contributed by atoms with van der Waals surface area (Å²) in [7, 11) is 0. The quantitative estimate of drug-likeness (QED) is 0.761. The first-order valence-corrected chi connectivity index (χ1v) is 9.61. The van der Waals surface area contributed by atoms with Crippen molar-refractivity contribution in [3.8, 4) is 11.5 Å². The number of hydrogen-bond acceptors (Lipinski definition) is 4. The molecule has 0 saturated carbocycles. The van der Waals surface area contributed by atoms with Gasteiger partial charge in [-0.25, -0.2) is 0 Å². The van der Waals surface area contributed by atoms with Gasteiger partial charge >= 0.3 is 0 Å². The Morgan fingerprint density at radius 2 is 1.80 bits per heavy atom. The number of carbonyl (C=O) groups is 1. The molecule has 1 unspecified atom stereocenters. The summed E-state index contributed by atoms with van der Waals surface area (Å²) in [6, 6.07) is 6.17. The third kappa shape index (κ3) is 4.46. The Hall–Kier alpha value is -1.75. The lowest BCUT2D eigenvalue weighted by molar-refractivity contribution is -0.134. The van der Waals surface area contributed by atoms with Crippen molar-refractivity contribution in [3.63, 3.8) is 0 Å². The topological polar surface area (TPSA) is 42.0 Å². The van der Waals surface area contributed by atoms with Crippen LogP contribution in [0, 0.1) is 5.92 Å². The number of rotatable bonds is 7. The molecular formula is C20H30N2O3. The standard InChI is InChI=1S/C20H30N2O3/c1-3-24-18-8-7-16(13-19(18)25-4-2)14-21-12-9-17(15-21)20(23)22-10-5-6-11-22/h7-8,13,17H,3-6,9-12,14-15H2,1-2H3. The lowest BCUT2D eigenvalue weighted by Crippen LogP contribution is -2.35. The van der Waals surface area contributed by atoms with Crippen LogP contribution in [0.15, 0.2) is 18.2 Å². The predicted molar refractivity (Wildman–Crippen MR) is 98.0 cm³/mol. The Morgan fingerprint density at radius 1 is 1.08 bits per heavy atom. The van der Waals surface area contributed by atoms with Crippen LogP contribution in [0.4, 0.5) is 0 Å². The van der Waals surface area contributed by atoms with Gasteiger partial charge < -0.3 is 14.4 Å². The Kier molecular flexibility index (Phi) is 6.19. The largest absolute Gasteiger partial charge is 0.490 e. The second kappa shape index (κ2) is 8.56. The zero-order valence-electron chi connectivity index (χ0n) is 15.5. The molecule has 5 heteroatoms. The molecule has 0 N–H and O–H groups in total. The summed E-state index contributed by atoms with van der Waals surface area (Å²) >= 11 is 0. The fourth-order valence-electron chi connectivity index (χ4n) is 3.83. The highest BCUT2D eigenvalue weighted by molar-refractivity contribution is 5.79. The maximum Gasteiger partial charge on any atom is 0.227 e. The van der Waals surface area contributed by atoms with E-state index in [1.165, 1.54) is 5.56 Å². The van der Waals surface area contributed by atoms with Crippen molar-refractivity contribution < 1.29 is 14.3 Å². The SMILES string of the molecule is CCOc1ccc(CN2CCC(C(=O)N3CCCC3)C2)cc1OCC. The van der Waals surface area contributed by atoms with Crippen LogP contribution in [0.3, 0.4) is 0 Å². The molecule has 25 heavy (non-hydrogen) atoms. The van der Waals surface area contributed by atoms with Crippen molar-refractivity contribution in [1.82, 2.24) is 9.80 Å². The van der Waals surface area contributed by atoms with E-state index in [0.29, 0.717) is 19.1 Å². The Morgan fingerprint density at radius 3 is 2.52 bits per heavy atom. The average Bonchev–Trinajstić information content (AvgIpc) is 3.29. The zero-order valence-corrected chi connectivity index (χ0v) is 15.5. The van der Waals surface area contributed by atoms with Crippen LogP contribution in [-0.2, 0) is 11.3 Å². The molecule has 0 aromatic heterocycles. The van der Waals surface area contributed by atoms with Crippen LogP contribution in [-0.4, -0.2) is 55.1 Å². The van der Waals surface area contributed by atoms with E-state index in [4.69, 9.17) is 9.47 Å². The second-order valence-electron chi connectivity index (χ2n) is 6.90. The number of ether oxygens (including phenoxy) is 2. The van der Waals surface area contributed by atoms with Crippen molar-refractivity contribution >= 4 is 5.91 Å². The van der Waals surface area contributed by atoms with Gasteiger partial charge in [0.1, 0.15) is 0 Å². The van der Waals surface area contributed by atoms with E-state index >= 15 is 0 Å². The van der Waals surface area contributed by atoms with E-state index in [2.05, 4.69) is 21.9 Å². The molecule has 1 aromatic carbocycles. The minimum absolute atomic E-state index is 0.173. The summed E-state index contributed by atoms with van der Waals surface area (Å²) in [4.78, 5) is 17.0. The molecule has 3 rings (SSSR count). The van der Waals surface area contributed by atoms with Gasteiger partial charge in [0.2, 0.25) is 5.91 Å². The van der Waals surface area contributed by atoms with Crippen molar-refractivity contribution in [3.05, 3.63) is 23.8 Å². The first-order valence-electron chi connectivity index (χ1n) is 9.61. The molecule has 0 radical (unpaired) electrons. The summed E-state index contributed by atoms with van der Waals surface area (Å²) in [5.41, 5.74) is 1.21.